The Bertz CT molecular complexity index is 416. The second-order valence-electron chi connectivity index (χ2n) is 3.89. The van der Waals surface area contributed by atoms with Gasteiger partial charge in [0.25, 0.3) is 0 Å². The Hall–Kier alpha value is -0.580. The lowest BCUT2D eigenvalue weighted by atomic mass is 10.0. The van der Waals surface area contributed by atoms with Gasteiger partial charge in [-0.2, -0.15) is 0 Å². The van der Waals surface area contributed by atoms with Gasteiger partial charge in [-0.05, 0) is 24.6 Å². The fourth-order valence-corrected chi connectivity index (χ4v) is 2.38. The molecule has 0 aliphatic carbocycles. The quantitative estimate of drug-likeness (QED) is 0.855. The maximum atomic E-state index is 11.7. The first-order valence-corrected chi connectivity index (χ1v) is 6.52. The molecule has 17 heavy (non-hydrogen) atoms. The third-order valence-electron chi connectivity index (χ3n) is 2.65. The van der Waals surface area contributed by atoms with Gasteiger partial charge in [0.1, 0.15) is 12.4 Å². The number of hydrogen-bond acceptors (Lipinski definition) is 3. The molecular formula is C12H12BrClO3. The first-order chi connectivity index (χ1) is 8.16. The van der Waals surface area contributed by atoms with E-state index < -0.39 is 0 Å². The van der Waals surface area contributed by atoms with Gasteiger partial charge >= 0.3 is 0 Å². The molecule has 1 aromatic carbocycles. The van der Waals surface area contributed by atoms with Gasteiger partial charge in [-0.15, -0.1) is 0 Å². The van der Waals surface area contributed by atoms with Crippen LogP contribution in [0.15, 0.2) is 22.7 Å². The molecule has 0 amide bonds. The predicted molar refractivity (Wildman–Crippen MR) is 68.6 cm³/mol. The van der Waals surface area contributed by atoms with Gasteiger partial charge in [0, 0.05) is 17.0 Å². The zero-order valence-corrected chi connectivity index (χ0v) is 11.5. The zero-order valence-electron chi connectivity index (χ0n) is 9.12. The Kier molecular flexibility index (Phi) is 4.42. The number of ketones is 1. The summed E-state index contributed by atoms with van der Waals surface area (Å²) in [5, 5.41) is 0.495. The van der Waals surface area contributed by atoms with Gasteiger partial charge in [-0.3, -0.25) is 4.79 Å². The second-order valence-corrected chi connectivity index (χ2v) is 5.21. The molecule has 0 bridgehead atoms. The van der Waals surface area contributed by atoms with Crippen LogP contribution in [-0.2, 0) is 9.53 Å². The average molecular weight is 320 g/mol. The first kappa shape index (κ1) is 12.9. The number of halogens is 2. The van der Waals surface area contributed by atoms with Crippen molar-refractivity contribution in [3.05, 3.63) is 27.7 Å². The monoisotopic (exact) mass is 318 g/mol. The molecule has 0 radical (unpaired) electrons. The van der Waals surface area contributed by atoms with Gasteiger partial charge in [0.2, 0.25) is 0 Å². The Balaban J connectivity index is 1.90. The van der Waals surface area contributed by atoms with Crippen LogP contribution in [0.2, 0.25) is 5.02 Å². The highest BCUT2D eigenvalue weighted by molar-refractivity contribution is 9.10. The lowest BCUT2D eigenvalue weighted by molar-refractivity contribution is -0.124. The Morgan fingerprint density at radius 2 is 2.41 bits per heavy atom. The van der Waals surface area contributed by atoms with E-state index in [9.17, 15) is 4.79 Å². The molecule has 1 fully saturated rings. The topological polar surface area (TPSA) is 35.5 Å². The van der Waals surface area contributed by atoms with E-state index in [0.29, 0.717) is 24.0 Å². The summed E-state index contributed by atoms with van der Waals surface area (Å²) in [7, 11) is 0. The number of carbonyl (C=O) groups is 1. The van der Waals surface area contributed by atoms with Gasteiger partial charge in [-0.1, -0.05) is 27.5 Å². The maximum absolute atomic E-state index is 11.7. The van der Waals surface area contributed by atoms with Gasteiger partial charge in [-0.25, -0.2) is 0 Å². The summed E-state index contributed by atoms with van der Waals surface area (Å²) < 4.78 is 11.4. The maximum Gasteiger partial charge on any atom is 0.175 e. The molecule has 0 aromatic heterocycles. The highest BCUT2D eigenvalue weighted by atomic mass is 79.9. The second kappa shape index (κ2) is 5.85. The van der Waals surface area contributed by atoms with Crippen LogP contribution in [0.5, 0.6) is 5.75 Å². The molecule has 1 saturated heterocycles. The van der Waals surface area contributed by atoms with Crippen LogP contribution in [0, 0.1) is 5.92 Å². The zero-order chi connectivity index (χ0) is 12.3. The standard InChI is InChI=1S/C12H12BrClO3/c13-9-1-2-12(10(14)5-9)17-7-11(15)8-3-4-16-6-8/h1-2,5,8H,3-4,6-7H2. The molecule has 0 N–H and O–H groups in total. The highest BCUT2D eigenvalue weighted by Crippen LogP contribution is 2.28. The van der Waals surface area contributed by atoms with E-state index in [1.165, 1.54) is 0 Å². The van der Waals surface area contributed by atoms with Gasteiger partial charge < -0.3 is 9.47 Å². The van der Waals surface area contributed by atoms with Crippen LogP contribution in [0.25, 0.3) is 0 Å². The van der Waals surface area contributed by atoms with Gasteiger partial charge in [0.05, 0.1) is 11.6 Å². The molecular weight excluding hydrogens is 307 g/mol. The van der Waals surface area contributed by atoms with Crippen LogP contribution >= 0.6 is 27.5 Å². The molecule has 92 valence electrons. The van der Waals surface area contributed by atoms with E-state index in [2.05, 4.69) is 15.9 Å². The van der Waals surface area contributed by atoms with E-state index in [1.54, 1.807) is 12.1 Å². The third-order valence-corrected chi connectivity index (χ3v) is 3.44. The van der Waals surface area contributed by atoms with Crippen molar-refractivity contribution >= 4 is 33.3 Å². The van der Waals surface area contributed by atoms with Crippen molar-refractivity contribution in [2.24, 2.45) is 5.92 Å². The summed E-state index contributed by atoms with van der Waals surface area (Å²) in [5.41, 5.74) is 0. The summed E-state index contributed by atoms with van der Waals surface area (Å²) in [5.74, 6) is 0.577. The minimum absolute atomic E-state index is 0.0239. The number of ether oxygens (including phenoxy) is 2. The van der Waals surface area contributed by atoms with E-state index >= 15 is 0 Å². The fraction of sp³-hybridized carbons (Fsp3) is 0.417. The predicted octanol–water partition coefficient (Wildman–Crippen LogP) is 3.09. The van der Waals surface area contributed by atoms with Crippen molar-refractivity contribution in [2.45, 2.75) is 6.42 Å². The lowest BCUT2D eigenvalue weighted by Gasteiger charge is -2.10. The molecule has 3 nitrogen and oxygen atoms in total. The molecule has 0 saturated carbocycles. The van der Waals surface area contributed by atoms with E-state index in [-0.39, 0.29) is 18.3 Å². The summed E-state index contributed by atoms with van der Waals surface area (Å²) in [6, 6.07) is 5.30. The highest BCUT2D eigenvalue weighted by Gasteiger charge is 2.23. The Morgan fingerprint density at radius 1 is 1.59 bits per heavy atom. The van der Waals surface area contributed by atoms with Crippen LogP contribution in [0.3, 0.4) is 0 Å². The molecule has 1 aromatic rings. The molecule has 2 rings (SSSR count). The SMILES string of the molecule is O=C(COc1ccc(Br)cc1Cl)C1CCOC1. The molecule has 1 unspecified atom stereocenters. The van der Waals surface area contributed by atoms with Crippen LogP contribution in [0.4, 0.5) is 0 Å². The van der Waals surface area contributed by atoms with Crippen LogP contribution < -0.4 is 4.74 Å². The number of benzene rings is 1. The average Bonchev–Trinajstić information content (AvgIpc) is 2.81. The van der Waals surface area contributed by atoms with Crippen LogP contribution in [-0.4, -0.2) is 25.6 Å². The number of hydrogen-bond donors (Lipinski definition) is 0. The van der Waals surface area contributed by atoms with Crippen molar-refractivity contribution in [3.8, 4) is 5.75 Å². The Labute approximate surface area is 113 Å². The minimum atomic E-state index is -0.0239. The summed E-state index contributed by atoms with van der Waals surface area (Å²) in [6.45, 7) is 1.22. The first-order valence-electron chi connectivity index (χ1n) is 5.35. The fourth-order valence-electron chi connectivity index (χ4n) is 1.65. The van der Waals surface area contributed by atoms with E-state index in [0.717, 1.165) is 10.9 Å². The normalized spacial score (nSPS) is 19.3. The van der Waals surface area contributed by atoms with Crippen molar-refractivity contribution < 1.29 is 14.3 Å². The van der Waals surface area contributed by atoms with E-state index in [1.807, 2.05) is 6.07 Å². The van der Waals surface area contributed by atoms with Crippen molar-refractivity contribution in [2.75, 3.05) is 19.8 Å². The summed E-state index contributed by atoms with van der Waals surface area (Å²) in [4.78, 5) is 11.7. The number of Topliss-reactive ketones (excluding diaryl/α,β-unsaturated/α-hetero) is 1. The molecule has 1 atom stereocenters. The van der Waals surface area contributed by atoms with Crippen LogP contribution in [0.1, 0.15) is 6.42 Å². The van der Waals surface area contributed by atoms with Gasteiger partial charge in [0.15, 0.2) is 5.78 Å². The summed E-state index contributed by atoms with van der Waals surface area (Å²) in [6.07, 6.45) is 0.788. The smallest absolute Gasteiger partial charge is 0.175 e. The van der Waals surface area contributed by atoms with Crippen molar-refractivity contribution in [1.82, 2.24) is 0 Å². The number of rotatable bonds is 4. The molecule has 1 aliphatic heterocycles. The lowest BCUT2D eigenvalue weighted by Crippen LogP contribution is -2.21. The molecule has 0 spiro atoms. The Morgan fingerprint density at radius 3 is 3.06 bits per heavy atom. The van der Waals surface area contributed by atoms with Crippen molar-refractivity contribution in [1.29, 1.82) is 0 Å². The van der Waals surface area contributed by atoms with Crippen molar-refractivity contribution in [3.63, 3.8) is 0 Å². The number of carbonyl (C=O) groups excluding carboxylic acids is 1. The summed E-state index contributed by atoms with van der Waals surface area (Å²) >= 11 is 9.29. The third kappa shape index (κ3) is 3.44. The van der Waals surface area contributed by atoms with E-state index in [4.69, 9.17) is 21.1 Å². The molecule has 5 heteroatoms. The minimum Gasteiger partial charge on any atom is -0.484 e. The molecule has 1 heterocycles. The largest absolute Gasteiger partial charge is 0.484 e. The molecule has 1 aliphatic rings.